The first kappa shape index (κ1) is 11.4. The molecule has 0 amide bonds. The predicted molar refractivity (Wildman–Crippen MR) is 63.8 cm³/mol. The van der Waals surface area contributed by atoms with Crippen molar-refractivity contribution in [1.29, 1.82) is 0 Å². The van der Waals surface area contributed by atoms with Gasteiger partial charge in [-0.2, -0.15) is 0 Å². The van der Waals surface area contributed by atoms with Gasteiger partial charge in [-0.1, -0.05) is 6.07 Å². The van der Waals surface area contributed by atoms with Crippen molar-refractivity contribution in [3.8, 4) is 5.75 Å². The van der Waals surface area contributed by atoms with Crippen molar-refractivity contribution < 1.29 is 9.52 Å². The first-order chi connectivity index (χ1) is 8.17. The lowest BCUT2D eigenvalue weighted by Crippen LogP contribution is -2.00. The number of hydrogen-bond acceptors (Lipinski definition) is 4. The fourth-order valence-corrected chi connectivity index (χ4v) is 1.69. The molecule has 17 heavy (non-hydrogen) atoms. The lowest BCUT2D eigenvalue weighted by Gasteiger charge is -2.04. The second kappa shape index (κ2) is 4.84. The van der Waals surface area contributed by atoms with Crippen molar-refractivity contribution in [1.82, 2.24) is 0 Å². The standard InChI is InChI=1S/C13H13NO3/c14-8-10-3-9(4-12(16)5-10)6-13-7-11(15)1-2-17-13/h1-5,7,16H,6,8,14H2. The Morgan fingerprint density at radius 3 is 2.65 bits per heavy atom. The van der Waals surface area contributed by atoms with Gasteiger partial charge in [0.05, 0.1) is 6.26 Å². The van der Waals surface area contributed by atoms with Crippen LogP contribution in [-0.4, -0.2) is 5.11 Å². The van der Waals surface area contributed by atoms with Gasteiger partial charge in [0.25, 0.3) is 0 Å². The molecule has 2 rings (SSSR count). The lowest BCUT2D eigenvalue weighted by molar-refractivity contribution is 0.472. The summed E-state index contributed by atoms with van der Waals surface area (Å²) in [7, 11) is 0. The summed E-state index contributed by atoms with van der Waals surface area (Å²) in [6, 6.07) is 7.92. The van der Waals surface area contributed by atoms with E-state index < -0.39 is 0 Å². The second-order valence-corrected chi connectivity index (χ2v) is 3.82. The molecule has 0 aliphatic carbocycles. The molecule has 0 bridgehead atoms. The van der Waals surface area contributed by atoms with Gasteiger partial charge in [0.2, 0.25) is 0 Å². The zero-order valence-corrected chi connectivity index (χ0v) is 9.22. The van der Waals surface area contributed by atoms with E-state index in [1.165, 1.54) is 18.4 Å². The average molecular weight is 231 g/mol. The van der Waals surface area contributed by atoms with E-state index in [1.807, 2.05) is 6.07 Å². The van der Waals surface area contributed by atoms with E-state index in [0.29, 0.717) is 18.7 Å². The van der Waals surface area contributed by atoms with Gasteiger partial charge in [0, 0.05) is 25.1 Å². The molecule has 4 nitrogen and oxygen atoms in total. The molecule has 1 aromatic heterocycles. The van der Waals surface area contributed by atoms with Crippen molar-refractivity contribution in [2.75, 3.05) is 0 Å². The molecule has 0 fully saturated rings. The van der Waals surface area contributed by atoms with E-state index in [1.54, 1.807) is 12.1 Å². The fourth-order valence-electron chi connectivity index (χ4n) is 1.69. The minimum atomic E-state index is -0.0922. The monoisotopic (exact) mass is 231 g/mol. The third kappa shape index (κ3) is 2.95. The second-order valence-electron chi connectivity index (χ2n) is 3.82. The highest BCUT2D eigenvalue weighted by Gasteiger charge is 2.03. The van der Waals surface area contributed by atoms with Gasteiger partial charge >= 0.3 is 0 Å². The predicted octanol–water partition coefficient (Wildman–Crippen LogP) is 1.39. The van der Waals surface area contributed by atoms with Gasteiger partial charge in [-0.25, -0.2) is 0 Å². The molecule has 0 saturated carbocycles. The molecule has 0 aliphatic heterocycles. The molecule has 0 atom stereocenters. The number of rotatable bonds is 3. The van der Waals surface area contributed by atoms with E-state index in [0.717, 1.165) is 11.1 Å². The van der Waals surface area contributed by atoms with Crippen LogP contribution in [0.25, 0.3) is 0 Å². The topological polar surface area (TPSA) is 76.5 Å². The Hall–Kier alpha value is -2.07. The summed E-state index contributed by atoms with van der Waals surface area (Å²) in [6.45, 7) is 0.361. The molecule has 2 aromatic rings. The normalized spacial score (nSPS) is 10.4. The van der Waals surface area contributed by atoms with Gasteiger partial charge in [0.1, 0.15) is 11.5 Å². The van der Waals surface area contributed by atoms with Gasteiger partial charge in [-0.15, -0.1) is 0 Å². The van der Waals surface area contributed by atoms with Crippen LogP contribution in [0.1, 0.15) is 16.9 Å². The number of hydrogen-bond donors (Lipinski definition) is 2. The smallest absolute Gasteiger partial charge is 0.185 e. The lowest BCUT2D eigenvalue weighted by atomic mass is 10.1. The maximum absolute atomic E-state index is 11.1. The molecule has 0 aliphatic rings. The SMILES string of the molecule is NCc1cc(O)cc(Cc2cc(=O)cco2)c1. The molecular formula is C13H13NO3. The molecule has 0 spiro atoms. The van der Waals surface area contributed by atoms with Gasteiger partial charge < -0.3 is 15.3 Å². The van der Waals surface area contributed by atoms with Crippen molar-refractivity contribution in [2.24, 2.45) is 5.73 Å². The average Bonchev–Trinajstić information content (AvgIpc) is 2.28. The first-order valence-corrected chi connectivity index (χ1v) is 5.27. The van der Waals surface area contributed by atoms with Crippen LogP contribution in [0.3, 0.4) is 0 Å². The number of aromatic hydroxyl groups is 1. The molecule has 1 aromatic carbocycles. The molecule has 0 saturated heterocycles. The zero-order chi connectivity index (χ0) is 12.3. The third-order valence-corrected chi connectivity index (χ3v) is 2.41. The number of benzene rings is 1. The molecular weight excluding hydrogens is 218 g/mol. The van der Waals surface area contributed by atoms with Crippen LogP contribution >= 0.6 is 0 Å². The zero-order valence-electron chi connectivity index (χ0n) is 9.22. The Balaban J connectivity index is 2.29. The van der Waals surface area contributed by atoms with Crippen molar-refractivity contribution in [3.63, 3.8) is 0 Å². The number of phenols is 1. The minimum Gasteiger partial charge on any atom is -0.508 e. The highest BCUT2D eigenvalue weighted by atomic mass is 16.3. The summed E-state index contributed by atoms with van der Waals surface area (Å²) >= 11 is 0. The van der Waals surface area contributed by atoms with Crippen LogP contribution in [0, 0.1) is 0 Å². The van der Waals surface area contributed by atoms with Crippen molar-refractivity contribution >= 4 is 0 Å². The summed E-state index contributed by atoms with van der Waals surface area (Å²) in [5.41, 5.74) is 7.13. The van der Waals surface area contributed by atoms with Gasteiger partial charge in [0.15, 0.2) is 5.43 Å². The first-order valence-electron chi connectivity index (χ1n) is 5.27. The van der Waals surface area contributed by atoms with E-state index in [4.69, 9.17) is 10.2 Å². The molecule has 1 heterocycles. The van der Waals surface area contributed by atoms with Gasteiger partial charge in [-0.3, -0.25) is 4.79 Å². The van der Waals surface area contributed by atoms with Crippen molar-refractivity contribution in [2.45, 2.75) is 13.0 Å². The molecule has 0 unspecified atom stereocenters. The highest BCUT2D eigenvalue weighted by molar-refractivity contribution is 5.35. The van der Waals surface area contributed by atoms with E-state index >= 15 is 0 Å². The maximum Gasteiger partial charge on any atom is 0.185 e. The summed E-state index contributed by atoms with van der Waals surface area (Å²) in [6.07, 6.45) is 1.82. The molecule has 3 N–H and O–H groups in total. The molecule has 4 heteroatoms. The summed E-state index contributed by atoms with van der Waals surface area (Å²) in [5, 5.41) is 9.51. The van der Waals surface area contributed by atoms with Crippen LogP contribution in [0.5, 0.6) is 5.75 Å². The number of phenolic OH excluding ortho intramolecular Hbond substituents is 1. The largest absolute Gasteiger partial charge is 0.508 e. The van der Waals surface area contributed by atoms with Gasteiger partial charge in [-0.05, 0) is 23.3 Å². The Kier molecular flexibility index (Phi) is 3.25. The fraction of sp³-hybridized carbons (Fsp3) is 0.154. The third-order valence-electron chi connectivity index (χ3n) is 2.41. The van der Waals surface area contributed by atoms with Crippen LogP contribution in [0.2, 0.25) is 0 Å². The Labute approximate surface area is 98.3 Å². The minimum absolute atomic E-state index is 0.0922. The Morgan fingerprint density at radius 1 is 1.18 bits per heavy atom. The van der Waals surface area contributed by atoms with Crippen LogP contribution in [0.15, 0.2) is 45.8 Å². The Bertz CT molecular complexity index is 575. The maximum atomic E-state index is 11.1. The Morgan fingerprint density at radius 2 is 1.94 bits per heavy atom. The van der Waals surface area contributed by atoms with Crippen LogP contribution < -0.4 is 11.2 Å². The number of nitrogens with two attached hydrogens (primary N) is 1. The van der Waals surface area contributed by atoms with E-state index in [9.17, 15) is 9.90 Å². The van der Waals surface area contributed by atoms with E-state index in [2.05, 4.69) is 0 Å². The van der Waals surface area contributed by atoms with Crippen molar-refractivity contribution in [3.05, 3.63) is 63.7 Å². The van der Waals surface area contributed by atoms with Crippen LogP contribution in [0.4, 0.5) is 0 Å². The summed E-state index contributed by atoms with van der Waals surface area (Å²) in [5.74, 6) is 0.729. The molecule has 0 radical (unpaired) electrons. The quantitative estimate of drug-likeness (QED) is 0.837. The summed E-state index contributed by atoms with van der Waals surface area (Å²) < 4.78 is 5.21. The van der Waals surface area contributed by atoms with E-state index in [-0.39, 0.29) is 11.2 Å². The summed E-state index contributed by atoms with van der Waals surface area (Å²) in [4.78, 5) is 11.1. The van der Waals surface area contributed by atoms with Crippen LogP contribution in [-0.2, 0) is 13.0 Å². The highest BCUT2D eigenvalue weighted by Crippen LogP contribution is 2.17. The molecule has 88 valence electrons.